The highest BCUT2D eigenvalue weighted by Gasteiger charge is 2.47. The number of benzene rings is 3. The average Bonchev–Trinajstić information content (AvgIpc) is 3.29. The van der Waals surface area contributed by atoms with Crippen molar-refractivity contribution in [2.24, 2.45) is 5.41 Å². The minimum Gasteiger partial charge on any atom is -0.496 e. The van der Waals surface area contributed by atoms with E-state index in [1.165, 1.54) is 0 Å². The van der Waals surface area contributed by atoms with Crippen LogP contribution >= 0.6 is 0 Å². The molecule has 1 fully saturated rings. The molecule has 1 heterocycles. The molecule has 0 aromatic heterocycles. The van der Waals surface area contributed by atoms with Crippen molar-refractivity contribution < 1.29 is 14.3 Å². The molecule has 3 aromatic rings. The number of rotatable bonds is 6. The second-order valence-electron chi connectivity index (χ2n) is 8.86. The third-order valence-corrected chi connectivity index (χ3v) is 6.47. The van der Waals surface area contributed by atoms with Crippen LogP contribution in [0, 0.1) is 5.41 Å². The topological polar surface area (TPSA) is 49.9 Å². The lowest BCUT2D eigenvalue weighted by atomic mass is 9.77. The fraction of sp³-hybridized carbons (Fsp3) is 0.286. The van der Waals surface area contributed by atoms with Crippen molar-refractivity contribution in [2.45, 2.75) is 12.8 Å². The van der Waals surface area contributed by atoms with Gasteiger partial charge in [-0.3, -0.25) is 9.59 Å². The van der Waals surface area contributed by atoms with Crippen LogP contribution in [-0.2, 0) is 11.2 Å². The molecule has 0 radical (unpaired) electrons. The first-order valence-electron chi connectivity index (χ1n) is 11.2. The maximum Gasteiger partial charge on any atom is 0.257 e. The van der Waals surface area contributed by atoms with Gasteiger partial charge in [0.15, 0.2) is 0 Å². The Bertz CT molecular complexity index is 1140. The molecule has 0 spiro atoms. The van der Waals surface area contributed by atoms with Crippen LogP contribution in [0.2, 0.25) is 0 Å². The van der Waals surface area contributed by atoms with Crippen LogP contribution in [0.25, 0.3) is 11.1 Å². The van der Waals surface area contributed by atoms with Crippen LogP contribution in [0.5, 0.6) is 5.75 Å². The molecule has 5 heteroatoms. The maximum atomic E-state index is 13.5. The largest absolute Gasteiger partial charge is 0.496 e. The second kappa shape index (κ2) is 9.49. The van der Waals surface area contributed by atoms with E-state index in [4.69, 9.17) is 4.74 Å². The number of methoxy groups -OCH3 is 1. The first kappa shape index (κ1) is 22.6. The summed E-state index contributed by atoms with van der Waals surface area (Å²) in [5.41, 5.74) is 3.22. The number of carbonyl (C=O) groups is 2. The van der Waals surface area contributed by atoms with E-state index >= 15 is 0 Å². The minimum absolute atomic E-state index is 0.0562. The molecule has 170 valence electrons. The lowest BCUT2D eigenvalue weighted by Gasteiger charge is -2.32. The molecule has 2 amide bonds. The Morgan fingerprint density at radius 3 is 2.33 bits per heavy atom. The van der Waals surface area contributed by atoms with E-state index in [0.717, 1.165) is 16.7 Å². The van der Waals surface area contributed by atoms with Crippen molar-refractivity contribution in [1.29, 1.82) is 0 Å². The number of carbonyl (C=O) groups excluding carboxylic acids is 2. The third kappa shape index (κ3) is 4.49. The van der Waals surface area contributed by atoms with Crippen molar-refractivity contribution in [3.05, 3.63) is 90.0 Å². The number of hydrogen-bond acceptors (Lipinski definition) is 3. The highest BCUT2D eigenvalue weighted by Crippen LogP contribution is 2.39. The standard InChI is InChI=1S/C28H30N2O3/c1-29(2)27(32)28(19-22-13-7-8-14-23(22)21-11-5-4-6-12-21)17-18-30(20-28)26(31)24-15-9-10-16-25(24)33-3/h4-16H,17-20H2,1-3H3. The van der Waals surface area contributed by atoms with Crippen molar-refractivity contribution in [3.63, 3.8) is 0 Å². The van der Waals surface area contributed by atoms with Gasteiger partial charge in [0, 0.05) is 27.2 Å². The highest BCUT2D eigenvalue weighted by atomic mass is 16.5. The van der Waals surface area contributed by atoms with E-state index in [1.54, 1.807) is 43.1 Å². The van der Waals surface area contributed by atoms with Crippen molar-refractivity contribution >= 4 is 11.8 Å². The number of likely N-dealkylation sites (tertiary alicyclic amines) is 1. The SMILES string of the molecule is COc1ccccc1C(=O)N1CCC(Cc2ccccc2-c2ccccc2)(C(=O)N(C)C)C1. The summed E-state index contributed by atoms with van der Waals surface area (Å²) in [6.07, 6.45) is 1.19. The van der Waals surface area contributed by atoms with E-state index < -0.39 is 5.41 Å². The summed E-state index contributed by atoms with van der Waals surface area (Å²) >= 11 is 0. The number of hydrogen-bond donors (Lipinski definition) is 0. The van der Waals surface area contributed by atoms with E-state index in [-0.39, 0.29) is 11.8 Å². The van der Waals surface area contributed by atoms with Gasteiger partial charge in [-0.1, -0.05) is 66.7 Å². The Kier molecular flexibility index (Phi) is 6.50. The summed E-state index contributed by atoms with van der Waals surface area (Å²) in [7, 11) is 5.15. The molecule has 5 nitrogen and oxygen atoms in total. The van der Waals surface area contributed by atoms with Gasteiger partial charge in [0.1, 0.15) is 5.75 Å². The van der Waals surface area contributed by atoms with E-state index in [1.807, 2.05) is 42.5 Å². The molecule has 1 unspecified atom stereocenters. The molecule has 0 saturated carbocycles. The molecular formula is C28H30N2O3. The van der Waals surface area contributed by atoms with Gasteiger partial charge >= 0.3 is 0 Å². The quantitative estimate of drug-likeness (QED) is 0.564. The summed E-state index contributed by atoms with van der Waals surface area (Å²) in [6.45, 7) is 0.911. The predicted octanol–water partition coefficient (Wildman–Crippen LogP) is 4.53. The summed E-state index contributed by atoms with van der Waals surface area (Å²) in [6, 6.07) is 25.7. The molecule has 33 heavy (non-hydrogen) atoms. The van der Waals surface area contributed by atoms with Gasteiger partial charge < -0.3 is 14.5 Å². The summed E-state index contributed by atoms with van der Waals surface area (Å²) in [5, 5.41) is 0. The summed E-state index contributed by atoms with van der Waals surface area (Å²) < 4.78 is 5.40. The first-order chi connectivity index (χ1) is 15.9. The van der Waals surface area contributed by atoms with Crippen LogP contribution < -0.4 is 4.74 Å². The second-order valence-corrected chi connectivity index (χ2v) is 8.86. The lowest BCUT2D eigenvalue weighted by molar-refractivity contribution is -0.138. The predicted molar refractivity (Wildman–Crippen MR) is 130 cm³/mol. The van der Waals surface area contributed by atoms with Crippen LogP contribution in [-0.4, -0.2) is 55.9 Å². The zero-order valence-corrected chi connectivity index (χ0v) is 19.5. The molecule has 3 aromatic carbocycles. The lowest BCUT2D eigenvalue weighted by Crippen LogP contribution is -2.44. The number of para-hydroxylation sites is 1. The van der Waals surface area contributed by atoms with Gasteiger partial charge in [-0.15, -0.1) is 0 Å². The van der Waals surface area contributed by atoms with E-state index in [2.05, 4.69) is 24.3 Å². The van der Waals surface area contributed by atoms with Crippen LogP contribution in [0.15, 0.2) is 78.9 Å². The van der Waals surface area contributed by atoms with Crippen molar-refractivity contribution in [3.8, 4) is 16.9 Å². The van der Waals surface area contributed by atoms with Crippen LogP contribution in [0.4, 0.5) is 0 Å². The fourth-order valence-corrected chi connectivity index (χ4v) is 4.84. The van der Waals surface area contributed by atoms with Gasteiger partial charge in [0.25, 0.3) is 5.91 Å². The highest BCUT2D eigenvalue weighted by molar-refractivity contribution is 5.98. The molecular weight excluding hydrogens is 412 g/mol. The summed E-state index contributed by atoms with van der Waals surface area (Å²) in [5.74, 6) is 0.506. The van der Waals surface area contributed by atoms with Crippen LogP contribution in [0.1, 0.15) is 22.3 Å². The van der Waals surface area contributed by atoms with Crippen molar-refractivity contribution in [2.75, 3.05) is 34.3 Å². The maximum absolute atomic E-state index is 13.5. The molecule has 1 atom stereocenters. The molecule has 1 aliphatic rings. The van der Waals surface area contributed by atoms with Gasteiger partial charge in [-0.2, -0.15) is 0 Å². The Balaban J connectivity index is 1.67. The van der Waals surface area contributed by atoms with E-state index in [9.17, 15) is 9.59 Å². The minimum atomic E-state index is -0.675. The number of amides is 2. The summed E-state index contributed by atoms with van der Waals surface area (Å²) in [4.78, 5) is 30.3. The number of nitrogens with zero attached hydrogens (tertiary/aromatic N) is 2. The smallest absolute Gasteiger partial charge is 0.257 e. The average molecular weight is 443 g/mol. The van der Waals surface area contributed by atoms with Crippen LogP contribution in [0.3, 0.4) is 0 Å². The molecule has 0 bridgehead atoms. The molecule has 1 aliphatic heterocycles. The Morgan fingerprint density at radius 2 is 1.61 bits per heavy atom. The third-order valence-electron chi connectivity index (χ3n) is 6.47. The Morgan fingerprint density at radius 1 is 0.939 bits per heavy atom. The Labute approximate surface area is 195 Å². The normalized spacial score (nSPS) is 17.6. The van der Waals surface area contributed by atoms with Crippen molar-refractivity contribution in [1.82, 2.24) is 9.80 Å². The molecule has 0 aliphatic carbocycles. The zero-order valence-electron chi connectivity index (χ0n) is 19.5. The molecule has 0 N–H and O–H groups in total. The van der Waals surface area contributed by atoms with Gasteiger partial charge in [-0.05, 0) is 41.7 Å². The number of ether oxygens (including phenoxy) is 1. The van der Waals surface area contributed by atoms with E-state index in [0.29, 0.717) is 37.2 Å². The van der Waals surface area contributed by atoms with Gasteiger partial charge in [0.2, 0.25) is 5.91 Å². The van der Waals surface area contributed by atoms with Gasteiger partial charge in [0.05, 0.1) is 18.1 Å². The van der Waals surface area contributed by atoms with Gasteiger partial charge in [-0.25, -0.2) is 0 Å². The fourth-order valence-electron chi connectivity index (χ4n) is 4.84. The monoisotopic (exact) mass is 442 g/mol. The first-order valence-corrected chi connectivity index (χ1v) is 11.2. The zero-order chi connectivity index (χ0) is 23.4. The molecule has 4 rings (SSSR count). The Hall–Kier alpha value is -3.60. The molecule has 1 saturated heterocycles.